The number of hydrogen-bond donors (Lipinski definition) is 5. The lowest BCUT2D eigenvalue weighted by molar-refractivity contribution is -0.118. The average Bonchev–Trinajstić information content (AvgIpc) is 3.65. The number of carbonyl (C=O) groups is 4. The number of benzene rings is 2. The number of aryl methyl sites for hydroxylation is 1. The minimum atomic E-state index is -0.535. The van der Waals surface area contributed by atoms with Crippen LogP contribution in [0.2, 0.25) is 0 Å². The van der Waals surface area contributed by atoms with Crippen LogP contribution in [0.25, 0.3) is 10.1 Å². The molecule has 0 radical (unpaired) electrons. The summed E-state index contributed by atoms with van der Waals surface area (Å²) in [6.45, 7) is 4.44. The first-order valence-corrected chi connectivity index (χ1v) is 17.7. The van der Waals surface area contributed by atoms with Gasteiger partial charge in [-0.3, -0.25) is 9.59 Å². The number of carbonyl (C=O) groups excluding carboxylic acids is 4. The molecular formula is C34H46ClN7O6S. The molecule has 13 nitrogen and oxygen atoms in total. The summed E-state index contributed by atoms with van der Waals surface area (Å²) in [5.74, 6) is 1.38. The van der Waals surface area contributed by atoms with Crippen LogP contribution in [0.4, 0.5) is 21.0 Å². The molecule has 5 N–H and O–H groups in total. The molecule has 2 aromatic carbocycles. The van der Waals surface area contributed by atoms with E-state index >= 15 is 0 Å². The summed E-state index contributed by atoms with van der Waals surface area (Å²) >= 11 is 7.97. The Morgan fingerprint density at radius 3 is 2.63 bits per heavy atom. The van der Waals surface area contributed by atoms with Gasteiger partial charge in [-0.05, 0) is 61.0 Å². The largest absolute Gasteiger partial charge is 0.490 e. The van der Waals surface area contributed by atoms with Gasteiger partial charge in [0.05, 0.1) is 17.3 Å². The smallest absolute Gasteiger partial charge is 0.410 e. The fourth-order valence-corrected chi connectivity index (χ4v) is 7.10. The number of likely N-dealkylation sites (N-methyl/N-ethyl adjacent to an activating group) is 2. The summed E-state index contributed by atoms with van der Waals surface area (Å²) < 4.78 is 13.0. The molecule has 0 saturated carbocycles. The minimum Gasteiger partial charge on any atom is -0.490 e. The fourth-order valence-electron chi connectivity index (χ4n) is 5.81. The third-order valence-corrected chi connectivity index (χ3v) is 9.91. The number of thiophene rings is 1. The van der Waals surface area contributed by atoms with Crippen molar-refractivity contribution < 1.29 is 28.7 Å². The molecule has 2 atom stereocenters. The number of anilines is 2. The molecule has 2 heterocycles. The number of amides is 5. The maximum Gasteiger partial charge on any atom is 0.410 e. The van der Waals surface area contributed by atoms with Crippen molar-refractivity contribution >= 4 is 68.8 Å². The Kier molecular flexibility index (Phi) is 14.2. The van der Waals surface area contributed by atoms with Crippen LogP contribution in [0.3, 0.4) is 0 Å². The summed E-state index contributed by atoms with van der Waals surface area (Å²) in [7, 11) is 5.32. The van der Waals surface area contributed by atoms with E-state index in [4.69, 9.17) is 21.1 Å². The van der Waals surface area contributed by atoms with Crippen molar-refractivity contribution in [1.82, 2.24) is 26.2 Å². The second-order valence-corrected chi connectivity index (χ2v) is 13.0. The van der Waals surface area contributed by atoms with E-state index in [-0.39, 0.29) is 50.7 Å². The van der Waals surface area contributed by atoms with Gasteiger partial charge < -0.3 is 45.9 Å². The zero-order valence-corrected chi connectivity index (χ0v) is 30.0. The van der Waals surface area contributed by atoms with Crippen molar-refractivity contribution in [3.8, 4) is 5.75 Å². The second-order valence-electron chi connectivity index (χ2n) is 11.8. The lowest BCUT2D eigenvalue weighted by atomic mass is 9.97. The van der Waals surface area contributed by atoms with Crippen LogP contribution >= 0.6 is 22.9 Å². The Balaban J connectivity index is 1.31. The van der Waals surface area contributed by atoms with Gasteiger partial charge in [0.15, 0.2) is 0 Å². The standard InChI is InChI=1S/C34H46ClN7O6S/c1-22-20-49-31-28(16-27-30(29(22)31)24(17-35)18-41(27)4)47-15-14-42(13-12-38-21-43)34(46)48-19-23-7-9-25(10-8-23)40-32(44)26(36-2)6-5-11-39-33(45)37-3/h7-10,16,20-21,24,26,36H,5-6,11-15,17-19H2,1-4H3,(H,38,43)(H,40,44)(H2,37,39,45)/t24-,26-/m0/s1. The monoisotopic (exact) mass is 715 g/mol. The Morgan fingerprint density at radius 1 is 1.16 bits per heavy atom. The van der Waals surface area contributed by atoms with Crippen LogP contribution in [-0.2, 0) is 20.9 Å². The number of alkyl halides is 1. The van der Waals surface area contributed by atoms with E-state index in [0.29, 0.717) is 37.4 Å². The quantitative estimate of drug-likeness (QED) is 0.0754. The normalized spacial score (nSPS) is 14.1. The van der Waals surface area contributed by atoms with E-state index in [1.165, 1.54) is 21.4 Å². The third-order valence-electron chi connectivity index (χ3n) is 8.43. The van der Waals surface area contributed by atoms with Gasteiger partial charge >= 0.3 is 12.1 Å². The molecule has 1 aromatic heterocycles. The van der Waals surface area contributed by atoms with E-state index in [2.05, 4.69) is 56.9 Å². The highest BCUT2D eigenvalue weighted by Gasteiger charge is 2.31. The van der Waals surface area contributed by atoms with Crippen molar-refractivity contribution in [2.75, 3.05) is 76.6 Å². The summed E-state index contributed by atoms with van der Waals surface area (Å²) in [5, 5.41) is 17.0. The van der Waals surface area contributed by atoms with Gasteiger partial charge in [0.1, 0.15) is 19.0 Å². The van der Waals surface area contributed by atoms with Crippen LogP contribution in [0.15, 0.2) is 35.7 Å². The molecule has 15 heteroatoms. The molecule has 266 valence electrons. The summed E-state index contributed by atoms with van der Waals surface area (Å²) in [6, 6.07) is 8.43. The first kappa shape index (κ1) is 37.5. The molecule has 0 spiro atoms. The number of fused-ring (bicyclic) bond motifs is 3. The highest BCUT2D eigenvalue weighted by atomic mass is 35.5. The number of nitrogens with zero attached hydrogens (tertiary/aromatic N) is 2. The molecule has 0 saturated heterocycles. The van der Waals surface area contributed by atoms with Crippen LogP contribution < -0.4 is 36.2 Å². The van der Waals surface area contributed by atoms with Crippen LogP contribution in [0, 0.1) is 6.92 Å². The Labute approximate surface area is 296 Å². The van der Waals surface area contributed by atoms with Crippen molar-refractivity contribution in [3.63, 3.8) is 0 Å². The molecule has 4 rings (SSSR count). The maximum atomic E-state index is 13.1. The van der Waals surface area contributed by atoms with Crippen molar-refractivity contribution in [2.45, 2.75) is 38.3 Å². The molecule has 1 aliphatic heterocycles. The van der Waals surface area contributed by atoms with E-state index in [1.807, 2.05) is 0 Å². The summed E-state index contributed by atoms with van der Waals surface area (Å²) in [5.41, 5.74) is 4.92. The van der Waals surface area contributed by atoms with E-state index in [0.717, 1.165) is 28.2 Å². The zero-order valence-electron chi connectivity index (χ0n) is 28.4. The van der Waals surface area contributed by atoms with Gasteiger partial charge in [-0.1, -0.05) is 12.1 Å². The predicted molar refractivity (Wildman–Crippen MR) is 194 cm³/mol. The second kappa shape index (κ2) is 18.5. The van der Waals surface area contributed by atoms with E-state index < -0.39 is 12.1 Å². The number of hydrogen-bond acceptors (Lipinski definition) is 9. The number of nitrogens with one attached hydrogen (secondary N) is 5. The van der Waals surface area contributed by atoms with Crippen LogP contribution in [-0.4, -0.2) is 102 Å². The number of halogens is 1. The van der Waals surface area contributed by atoms with E-state index in [1.54, 1.807) is 49.7 Å². The van der Waals surface area contributed by atoms with Gasteiger partial charge in [-0.25, -0.2) is 9.59 Å². The van der Waals surface area contributed by atoms with Crippen LogP contribution in [0.5, 0.6) is 5.75 Å². The van der Waals surface area contributed by atoms with Crippen molar-refractivity contribution in [3.05, 3.63) is 52.4 Å². The van der Waals surface area contributed by atoms with Gasteiger partial charge in [0.25, 0.3) is 0 Å². The lowest BCUT2D eigenvalue weighted by Gasteiger charge is -2.22. The van der Waals surface area contributed by atoms with Crippen molar-refractivity contribution in [1.29, 1.82) is 0 Å². The molecule has 0 fully saturated rings. The Morgan fingerprint density at radius 2 is 1.94 bits per heavy atom. The number of ether oxygens (including phenoxy) is 2. The minimum absolute atomic E-state index is 0.0248. The molecule has 1 aliphatic rings. The molecule has 0 unspecified atom stereocenters. The summed E-state index contributed by atoms with van der Waals surface area (Å²) in [4.78, 5) is 51.8. The number of rotatable bonds is 18. The maximum absolute atomic E-state index is 13.1. The highest BCUT2D eigenvalue weighted by molar-refractivity contribution is 7.17. The zero-order chi connectivity index (χ0) is 35.3. The number of urea groups is 1. The molecule has 0 aliphatic carbocycles. The molecule has 3 aromatic rings. The summed E-state index contributed by atoms with van der Waals surface area (Å²) in [6.07, 6.45) is 1.23. The molecule has 49 heavy (non-hydrogen) atoms. The fraction of sp³-hybridized carbons (Fsp3) is 0.471. The third kappa shape index (κ3) is 9.89. The van der Waals surface area contributed by atoms with Gasteiger partial charge in [-0.15, -0.1) is 22.9 Å². The molecule has 0 bridgehead atoms. The first-order valence-electron chi connectivity index (χ1n) is 16.3. The first-order chi connectivity index (χ1) is 23.7. The molecule has 5 amide bonds. The van der Waals surface area contributed by atoms with Gasteiger partial charge in [-0.2, -0.15) is 0 Å². The van der Waals surface area contributed by atoms with Gasteiger partial charge in [0.2, 0.25) is 12.3 Å². The molecular weight excluding hydrogens is 670 g/mol. The van der Waals surface area contributed by atoms with E-state index in [9.17, 15) is 19.2 Å². The average molecular weight is 716 g/mol. The van der Waals surface area contributed by atoms with Gasteiger partial charge in [0, 0.05) is 74.9 Å². The van der Waals surface area contributed by atoms with Crippen LogP contribution in [0.1, 0.15) is 35.4 Å². The Bertz CT molecular complexity index is 1590. The predicted octanol–water partition coefficient (Wildman–Crippen LogP) is 3.98. The lowest BCUT2D eigenvalue weighted by Crippen LogP contribution is -2.39. The topological polar surface area (TPSA) is 153 Å². The SMILES string of the molecule is CNC(=O)NCCC[C@H](NC)C(=O)Nc1ccc(COC(=O)N(CCNC=O)CCOc2cc3c(c4c(C)csc24)[C@@H](CCl)CN3C)cc1. The van der Waals surface area contributed by atoms with Crippen molar-refractivity contribution in [2.24, 2.45) is 0 Å². The highest BCUT2D eigenvalue weighted by Crippen LogP contribution is 2.48. The Hall–Kier alpha value is -4.27.